The van der Waals surface area contributed by atoms with Crippen LogP contribution in [0.15, 0.2) is 24.3 Å². The highest BCUT2D eigenvalue weighted by atomic mass is 16.1. The van der Waals surface area contributed by atoms with Crippen molar-refractivity contribution in [3.63, 3.8) is 0 Å². The highest BCUT2D eigenvalue weighted by molar-refractivity contribution is 5.94. The predicted molar refractivity (Wildman–Crippen MR) is 68.9 cm³/mol. The first-order chi connectivity index (χ1) is 8.20. The SMILES string of the molecule is CCc1ccc(C(=O)NC2CCCC2N)cc1. The molecule has 2 rings (SSSR count). The Kier molecular flexibility index (Phi) is 3.79. The molecule has 1 aliphatic rings. The van der Waals surface area contributed by atoms with Gasteiger partial charge in [0.25, 0.3) is 5.91 Å². The van der Waals surface area contributed by atoms with Crippen molar-refractivity contribution in [2.75, 3.05) is 0 Å². The van der Waals surface area contributed by atoms with Crippen molar-refractivity contribution in [1.29, 1.82) is 0 Å². The number of aryl methyl sites for hydroxylation is 1. The Bertz CT molecular complexity index is 386. The molecule has 0 spiro atoms. The van der Waals surface area contributed by atoms with Gasteiger partial charge in [0.15, 0.2) is 0 Å². The van der Waals surface area contributed by atoms with E-state index in [1.165, 1.54) is 5.56 Å². The van der Waals surface area contributed by atoms with E-state index in [-0.39, 0.29) is 18.0 Å². The number of benzene rings is 1. The van der Waals surface area contributed by atoms with Gasteiger partial charge in [-0.2, -0.15) is 0 Å². The van der Waals surface area contributed by atoms with E-state index in [0.717, 1.165) is 31.2 Å². The lowest BCUT2D eigenvalue weighted by atomic mass is 10.1. The molecule has 3 heteroatoms. The summed E-state index contributed by atoms with van der Waals surface area (Å²) in [6, 6.07) is 8.04. The lowest BCUT2D eigenvalue weighted by Gasteiger charge is -2.17. The zero-order valence-electron chi connectivity index (χ0n) is 10.3. The normalized spacial score (nSPS) is 23.6. The first-order valence-corrected chi connectivity index (χ1v) is 6.36. The molecule has 92 valence electrons. The molecule has 2 atom stereocenters. The zero-order chi connectivity index (χ0) is 12.3. The number of carbonyl (C=O) groups is 1. The van der Waals surface area contributed by atoms with E-state index in [4.69, 9.17) is 5.73 Å². The smallest absolute Gasteiger partial charge is 0.251 e. The first kappa shape index (κ1) is 12.1. The van der Waals surface area contributed by atoms with Crippen molar-refractivity contribution in [1.82, 2.24) is 5.32 Å². The molecule has 3 nitrogen and oxygen atoms in total. The van der Waals surface area contributed by atoms with Gasteiger partial charge in [-0.3, -0.25) is 4.79 Å². The van der Waals surface area contributed by atoms with Crippen LogP contribution in [0.25, 0.3) is 0 Å². The molecular weight excluding hydrogens is 212 g/mol. The number of hydrogen-bond donors (Lipinski definition) is 2. The Balaban J connectivity index is 1.99. The van der Waals surface area contributed by atoms with E-state index in [0.29, 0.717) is 0 Å². The van der Waals surface area contributed by atoms with Gasteiger partial charge in [0, 0.05) is 17.6 Å². The van der Waals surface area contributed by atoms with E-state index in [1.807, 2.05) is 24.3 Å². The van der Waals surface area contributed by atoms with Crippen LogP contribution in [0.5, 0.6) is 0 Å². The third-order valence-corrected chi connectivity index (χ3v) is 3.51. The van der Waals surface area contributed by atoms with Crippen LogP contribution in [-0.4, -0.2) is 18.0 Å². The summed E-state index contributed by atoms with van der Waals surface area (Å²) >= 11 is 0. The standard InChI is InChI=1S/C14H20N2O/c1-2-10-6-8-11(9-7-10)14(17)16-13-5-3-4-12(13)15/h6-9,12-13H,2-5,15H2,1H3,(H,16,17). The molecule has 0 radical (unpaired) electrons. The molecule has 2 unspecified atom stereocenters. The number of amides is 1. The third kappa shape index (κ3) is 2.86. The van der Waals surface area contributed by atoms with Gasteiger partial charge in [0.2, 0.25) is 0 Å². The molecule has 3 N–H and O–H groups in total. The topological polar surface area (TPSA) is 55.1 Å². The number of nitrogens with two attached hydrogens (primary N) is 1. The minimum Gasteiger partial charge on any atom is -0.348 e. The van der Waals surface area contributed by atoms with Crippen LogP contribution in [0, 0.1) is 0 Å². The predicted octanol–water partition coefficient (Wildman–Crippen LogP) is 1.86. The van der Waals surface area contributed by atoms with Crippen molar-refractivity contribution in [3.05, 3.63) is 35.4 Å². The summed E-state index contributed by atoms with van der Waals surface area (Å²) in [6.45, 7) is 2.10. The Morgan fingerprint density at radius 3 is 2.59 bits per heavy atom. The molecule has 0 saturated heterocycles. The van der Waals surface area contributed by atoms with Gasteiger partial charge in [-0.05, 0) is 43.4 Å². The number of carbonyl (C=O) groups excluding carboxylic acids is 1. The summed E-state index contributed by atoms with van der Waals surface area (Å²) in [5.41, 5.74) is 7.91. The molecular formula is C14H20N2O. The molecule has 0 aromatic heterocycles. The van der Waals surface area contributed by atoms with Crippen molar-refractivity contribution < 1.29 is 4.79 Å². The van der Waals surface area contributed by atoms with Gasteiger partial charge in [-0.15, -0.1) is 0 Å². The molecule has 1 aromatic carbocycles. The van der Waals surface area contributed by atoms with E-state index in [1.54, 1.807) is 0 Å². The average molecular weight is 232 g/mol. The molecule has 1 amide bonds. The third-order valence-electron chi connectivity index (χ3n) is 3.51. The lowest BCUT2D eigenvalue weighted by molar-refractivity contribution is 0.0934. The average Bonchev–Trinajstić information content (AvgIpc) is 2.75. The maximum Gasteiger partial charge on any atom is 0.251 e. The van der Waals surface area contributed by atoms with Crippen molar-refractivity contribution in [2.45, 2.75) is 44.7 Å². The van der Waals surface area contributed by atoms with Crippen LogP contribution < -0.4 is 11.1 Å². The van der Waals surface area contributed by atoms with Crippen LogP contribution in [-0.2, 0) is 6.42 Å². The Labute approximate surface area is 102 Å². The molecule has 1 saturated carbocycles. The molecule has 1 aliphatic carbocycles. The fourth-order valence-electron chi connectivity index (χ4n) is 2.31. The molecule has 1 fully saturated rings. The lowest BCUT2D eigenvalue weighted by Crippen LogP contribution is -2.43. The van der Waals surface area contributed by atoms with E-state index >= 15 is 0 Å². The number of nitrogens with one attached hydrogen (secondary N) is 1. The van der Waals surface area contributed by atoms with Gasteiger partial charge in [-0.1, -0.05) is 19.1 Å². The largest absolute Gasteiger partial charge is 0.348 e. The van der Waals surface area contributed by atoms with Crippen molar-refractivity contribution >= 4 is 5.91 Å². The highest BCUT2D eigenvalue weighted by Crippen LogP contribution is 2.17. The van der Waals surface area contributed by atoms with Gasteiger partial charge in [0.05, 0.1) is 0 Å². The summed E-state index contributed by atoms with van der Waals surface area (Å²) in [5, 5.41) is 3.02. The number of hydrogen-bond acceptors (Lipinski definition) is 2. The molecule has 17 heavy (non-hydrogen) atoms. The maximum atomic E-state index is 12.0. The molecule has 0 heterocycles. The van der Waals surface area contributed by atoms with Gasteiger partial charge < -0.3 is 11.1 Å². The highest BCUT2D eigenvalue weighted by Gasteiger charge is 2.25. The van der Waals surface area contributed by atoms with Crippen LogP contribution >= 0.6 is 0 Å². The number of rotatable bonds is 3. The zero-order valence-corrected chi connectivity index (χ0v) is 10.3. The molecule has 0 bridgehead atoms. The van der Waals surface area contributed by atoms with Crippen LogP contribution in [0.2, 0.25) is 0 Å². The van der Waals surface area contributed by atoms with Gasteiger partial charge >= 0.3 is 0 Å². The monoisotopic (exact) mass is 232 g/mol. The Hall–Kier alpha value is -1.35. The summed E-state index contributed by atoms with van der Waals surface area (Å²) in [6.07, 6.45) is 4.12. The Morgan fingerprint density at radius 1 is 1.35 bits per heavy atom. The minimum absolute atomic E-state index is 0.00463. The summed E-state index contributed by atoms with van der Waals surface area (Å²) in [7, 11) is 0. The Morgan fingerprint density at radius 2 is 2.06 bits per heavy atom. The van der Waals surface area contributed by atoms with Crippen LogP contribution in [0.1, 0.15) is 42.1 Å². The van der Waals surface area contributed by atoms with E-state index in [2.05, 4.69) is 12.2 Å². The van der Waals surface area contributed by atoms with Gasteiger partial charge in [0.1, 0.15) is 0 Å². The second-order valence-corrected chi connectivity index (χ2v) is 4.73. The summed E-state index contributed by atoms with van der Waals surface area (Å²) in [4.78, 5) is 12.0. The minimum atomic E-state index is -0.00463. The second-order valence-electron chi connectivity index (χ2n) is 4.73. The second kappa shape index (κ2) is 5.32. The van der Waals surface area contributed by atoms with Crippen LogP contribution in [0.3, 0.4) is 0 Å². The summed E-state index contributed by atoms with van der Waals surface area (Å²) < 4.78 is 0. The molecule has 1 aromatic rings. The molecule has 0 aliphatic heterocycles. The fourth-order valence-corrected chi connectivity index (χ4v) is 2.31. The fraction of sp³-hybridized carbons (Fsp3) is 0.500. The summed E-state index contributed by atoms with van der Waals surface area (Å²) in [5.74, 6) is -0.00463. The van der Waals surface area contributed by atoms with E-state index < -0.39 is 0 Å². The van der Waals surface area contributed by atoms with Gasteiger partial charge in [-0.25, -0.2) is 0 Å². The first-order valence-electron chi connectivity index (χ1n) is 6.36. The van der Waals surface area contributed by atoms with Crippen molar-refractivity contribution in [3.8, 4) is 0 Å². The van der Waals surface area contributed by atoms with E-state index in [9.17, 15) is 4.79 Å². The maximum absolute atomic E-state index is 12.0. The quantitative estimate of drug-likeness (QED) is 0.835. The van der Waals surface area contributed by atoms with Crippen molar-refractivity contribution in [2.24, 2.45) is 5.73 Å². The van der Waals surface area contributed by atoms with Crippen LogP contribution in [0.4, 0.5) is 0 Å².